The maximum absolute atomic E-state index is 13.2. The summed E-state index contributed by atoms with van der Waals surface area (Å²) < 4.78 is 31.3. The van der Waals surface area contributed by atoms with Crippen molar-refractivity contribution in [3.05, 3.63) is 60.3 Å². The van der Waals surface area contributed by atoms with Crippen LogP contribution in [0.1, 0.15) is 43.0 Å². The quantitative estimate of drug-likeness (QED) is 0.593. The average Bonchev–Trinajstić information content (AvgIpc) is 3.46. The molecular formula is C20H26N6O2S. The van der Waals surface area contributed by atoms with E-state index in [1.54, 1.807) is 17.8 Å². The van der Waals surface area contributed by atoms with Crippen molar-refractivity contribution in [1.82, 2.24) is 28.9 Å². The number of hydrogen-bond acceptors (Lipinski definition) is 5. The summed E-state index contributed by atoms with van der Waals surface area (Å²) in [4.78, 5) is 4.06. The van der Waals surface area contributed by atoms with E-state index in [4.69, 9.17) is 0 Å². The van der Waals surface area contributed by atoms with Crippen LogP contribution in [-0.2, 0) is 23.5 Å². The lowest BCUT2D eigenvalue weighted by Gasteiger charge is -2.18. The molecule has 3 heterocycles. The highest BCUT2D eigenvalue weighted by atomic mass is 32.2. The molecule has 0 bridgehead atoms. The predicted octanol–water partition coefficient (Wildman–Crippen LogP) is 2.38. The Morgan fingerprint density at radius 3 is 2.62 bits per heavy atom. The number of rotatable bonds is 7. The molecule has 0 saturated carbocycles. The molecule has 0 N–H and O–H groups in total. The Labute approximate surface area is 171 Å². The number of aryl methyl sites for hydroxylation is 2. The van der Waals surface area contributed by atoms with E-state index in [0.717, 1.165) is 30.5 Å². The van der Waals surface area contributed by atoms with Gasteiger partial charge in [0.2, 0.25) is 0 Å². The van der Waals surface area contributed by atoms with Gasteiger partial charge < -0.3 is 4.57 Å². The number of benzene rings is 1. The highest BCUT2D eigenvalue weighted by Crippen LogP contribution is 2.38. The molecule has 0 aliphatic carbocycles. The standard InChI is InChI=1S/C20H26N6O2S/c1-3-4-10-17-11-26(23-22-17)19-13-25(12-18(19)16-8-6-5-7-9-16)29(27,28)20-14-24(2)15-21-20/h5-9,11,14-15,18-19H,3-4,10,12-13H2,1-2H3/t18-,19+/m0/s1. The fourth-order valence-corrected chi connectivity index (χ4v) is 5.30. The number of sulfonamides is 1. The molecule has 0 amide bonds. The van der Waals surface area contributed by atoms with Crippen LogP contribution in [0.25, 0.3) is 0 Å². The molecule has 29 heavy (non-hydrogen) atoms. The monoisotopic (exact) mass is 414 g/mol. The van der Waals surface area contributed by atoms with Gasteiger partial charge >= 0.3 is 0 Å². The van der Waals surface area contributed by atoms with E-state index < -0.39 is 10.0 Å². The summed E-state index contributed by atoms with van der Waals surface area (Å²) in [6, 6.07) is 9.91. The van der Waals surface area contributed by atoms with Crippen LogP contribution in [0, 0.1) is 0 Å². The van der Waals surface area contributed by atoms with Crippen molar-refractivity contribution in [3.8, 4) is 0 Å². The number of hydrogen-bond donors (Lipinski definition) is 0. The molecule has 8 nitrogen and oxygen atoms in total. The highest BCUT2D eigenvalue weighted by Gasteiger charge is 2.42. The van der Waals surface area contributed by atoms with Gasteiger partial charge in [0.1, 0.15) is 0 Å². The Morgan fingerprint density at radius 2 is 1.93 bits per heavy atom. The first-order valence-corrected chi connectivity index (χ1v) is 11.4. The van der Waals surface area contributed by atoms with Crippen LogP contribution in [0.2, 0.25) is 0 Å². The van der Waals surface area contributed by atoms with Crippen LogP contribution in [-0.4, -0.2) is 50.4 Å². The van der Waals surface area contributed by atoms with E-state index in [1.165, 1.54) is 10.6 Å². The molecule has 1 fully saturated rings. The molecule has 1 aliphatic heterocycles. The van der Waals surface area contributed by atoms with E-state index in [9.17, 15) is 8.42 Å². The minimum Gasteiger partial charge on any atom is -0.339 e. The second kappa shape index (κ2) is 8.08. The number of imidazole rings is 1. The SMILES string of the molecule is CCCCc1cn([C@@H]2CN(S(=O)(=O)c3cn(C)cn3)C[C@H]2c2ccccc2)nn1. The van der Waals surface area contributed by atoms with Crippen molar-refractivity contribution in [1.29, 1.82) is 0 Å². The van der Waals surface area contributed by atoms with Crippen molar-refractivity contribution in [2.45, 2.75) is 43.2 Å². The van der Waals surface area contributed by atoms with Crippen molar-refractivity contribution < 1.29 is 8.42 Å². The van der Waals surface area contributed by atoms with Gasteiger partial charge in [-0.1, -0.05) is 48.9 Å². The topological polar surface area (TPSA) is 85.9 Å². The first-order valence-electron chi connectivity index (χ1n) is 9.93. The Balaban J connectivity index is 1.66. The minimum atomic E-state index is -3.67. The number of nitrogens with zero attached hydrogens (tertiary/aromatic N) is 6. The molecule has 4 rings (SSSR count). The zero-order valence-corrected chi connectivity index (χ0v) is 17.5. The smallest absolute Gasteiger partial charge is 0.262 e. The predicted molar refractivity (Wildman–Crippen MR) is 109 cm³/mol. The summed E-state index contributed by atoms with van der Waals surface area (Å²) >= 11 is 0. The van der Waals surface area contributed by atoms with Gasteiger partial charge in [-0.05, 0) is 18.4 Å². The van der Waals surface area contributed by atoms with Gasteiger partial charge in [0.05, 0.1) is 18.1 Å². The molecule has 1 aromatic carbocycles. The Hall–Kier alpha value is -2.52. The summed E-state index contributed by atoms with van der Waals surface area (Å²) in [5, 5.41) is 8.73. The summed E-state index contributed by atoms with van der Waals surface area (Å²) in [6.07, 6.45) is 8.05. The molecule has 9 heteroatoms. The lowest BCUT2D eigenvalue weighted by molar-refractivity contribution is 0.416. The maximum atomic E-state index is 13.2. The third-order valence-electron chi connectivity index (χ3n) is 5.45. The van der Waals surface area contributed by atoms with Crippen LogP contribution in [0.5, 0.6) is 0 Å². The van der Waals surface area contributed by atoms with Crippen molar-refractivity contribution in [2.24, 2.45) is 7.05 Å². The molecule has 154 valence electrons. The van der Waals surface area contributed by atoms with E-state index in [-0.39, 0.29) is 17.0 Å². The average molecular weight is 415 g/mol. The van der Waals surface area contributed by atoms with Gasteiger partial charge in [0.25, 0.3) is 10.0 Å². The summed E-state index contributed by atoms with van der Waals surface area (Å²) in [6.45, 7) is 2.87. The molecule has 2 atom stereocenters. The molecule has 1 saturated heterocycles. The second-order valence-corrected chi connectivity index (χ2v) is 9.46. The van der Waals surface area contributed by atoms with Crippen LogP contribution >= 0.6 is 0 Å². The molecule has 3 aromatic rings. The fraction of sp³-hybridized carbons (Fsp3) is 0.450. The molecule has 1 aliphatic rings. The largest absolute Gasteiger partial charge is 0.339 e. The van der Waals surface area contributed by atoms with Gasteiger partial charge in [-0.25, -0.2) is 18.1 Å². The van der Waals surface area contributed by atoms with Crippen molar-refractivity contribution in [3.63, 3.8) is 0 Å². The van der Waals surface area contributed by atoms with Crippen molar-refractivity contribution >= 4 is 10.0 Å². The zero-order chi connectivity index (χ0) is 20.4. The Morgan fingerprint density at radius 1 is 1.14 bits per heavy atom. The number of unbranched alkanes of at least 4 members (excludes halogenated alkanes) is 1. The lowest BCUT2D eigenvalue weighted by atomic mass is 9.94. The van der Waals surface area contributed by atoms with Gasteiger partial charge in [0.15, 0.2) is 5.03 Å². The van der Waals surface area contributed by atoms with Crippen LogP contribution in [0.4, 0.5) is 0 Å². The molecule has 2 aromatic heterocycles. The van der Waals surface area contributed by atoms with Crippen LogP contribution in [0.15, 0.2) is 54.1 Å². The fourth-order valence-electron chi connectivity index (χ4n) is 3.85. The van der Waals surface area contributed by atoms with Gasteiger partial charge in [-0.3, -0.25) is 0 Å². The van der Waals surface area contributed by atoms with Crippen molar-refractivity contribution in [2.75, 3.05) is 13.1 Å². The Bertz CT molecular complexity index is 1060. The van der Waals surface area contributed by atoms with E-state index in [1.807, 2.05) is 41.2 Å². The highest BCUT2D eigenvalue weighted by molar-refractivity contribution is 7.89. The van der Waals surface area contributed by atoms with Crippen LogP contribution < -0.4 is 0 Å². The van der Waals surface area contributed by atoms with Gasteiger partial charge in [0, 0.05) is 38.4 Å². The van der Waals surface area contributed by atoms with Crippen LogP contribution in [0.3, 0.4) is 0 Å². The number of aromatic nitrogens is 5. The first kappa shape index (κ1) is 19.8. The minimum absolute atomic E-state index is 0.00425. The van der Waals surface area contributed by atoms with E-state index >= 15 is 0 Å². The van der Waals surface area contributed by atoms with Gasteiger partial charge in [-0.2, -0.15) is 4.31 Å². The Kier molecular flexibility index (Phi) is 5.51. The third-order valence-corrected chi connectivity index (χ3v) is 7.17. The maximum Gasteiger partial charge on any atom is 0.262 e. The normalized spacial score (nSPS) is 20.3. The summed E-state index contributed by atoms with van der Waals surface area (Å²) in [5.41, 5.74) is 2.05. The molecule has 0 spiro atoms. The summed E-state index contributed by atoms with van der Waals surface area (Å²) in [7, 11) is -1.90. The first-order chi connectivity index (χ1) is 14.0. The second-order valence-electron chi connectivity index (χ2n) is 7.58. The lowest BCUT2D eigenvalue weighted by Crippen LogP contribution is -2.29. The third kappa shape index (κ3) is 3.97. The zero-order valence-electron chi connectivity index (χ0n) is 16.7. The molecular weight excluding hydrogens is 388 g/mol. The van der Waals surface area contributed by atoms with Gasteiger partial charge in [-0.15, -0.1) is 5.10 Å². The molecule has 0 radical (unpaired) electrons. The van der Waals surface area contributed by atoms with E-state index in [2.05, 4.69) is 22.2 Å². The van der Waals surface area contributed by atoms with E-state index in [0.29, 0.717) is 13.1 Å². The summed E-state index contributed by atoms with van der Waals surface area (Å²) in [5.74, 6) is -0.00425. The molecule has 0 unspecified atom stereocenters.